The number of rotatable bonds is 7. The maximum absolute atomic E-state index is 12.5. The van der Waals surface area contributed by atoms with Gasteiger partial charge in [-0.05, 0) is 43.3 Å². The Morgan fingerprint density at radius 3 is 2.52 bits per heavy atom. The fourth-order valence-corrected chi connectivity index (χ4v) is 3.85. The third kappa shape index (κ3) is 4.42. The van der Waals surface area contributed by atoms with Crippen LogP contribution in [0, 0.1) is 0 Å². The fourth-order valence-electron chi connectivity index (χ4n) is 3.85. The van der Waals surface area contributed by atoms with Gasteiger partial charge in [0.1, 0.15) is 18.5 Å². The Hall–Kier alpha value is -2.89. The van der Waals surface area contributed by atoms with Gasteiger partial charge in [-0.2, -0.15) is 0 Å². The lowest BCUT2D eigenvalue weighted by Crippen LogP contribution is -2.42. The molecular formula is C24H26N2O3. The number of hydrogen-bond donors (Lipinski definition) is 1. The van der Waals surface area contributed by atoms with E-state index in [0.717, 1.165) is 13.1 Å². The maximum Gasteiger partial charge on any atom is 0.193 e. The van der Waals surface area contributed by atoms with E-state index in [2.05, 4.69) is 34.7 Å². The van der Waals surface area contributed by atoms with Crippen LogP contribution >= 0.6 is 0 Å². The van der Waals surface area contributed by atoms with Crippen molar-refractivity contribution in [2.45, 2.75) is 25.6 Å². The smallest absolute Gasteiger partial charge is 0.193 e. The number of carbonyl (C=O) groups excluding carboxylic acids is 1. The van der Waals surface area contributed by atoms with Crippen molar-refractivity contribution >= 4 is 5.78 Å². The van der Waals surface area contributed by atoms with Gasteiger partial charge in [0.2, 0.25) is 0 Å². The molecule has 0 saturated heterocycles. The summed E-state index contributed by atoms with van der Waals surface area (Å²) in [5, 5.41) is 10.4. The Kier molecular flexibility index (Phi) is 5.79. The summed E-state index contributed by atoms with van der Waals surface area (Å²) < 4.78 is 8.01. The first-order valence-electron chi connectivity index (χ1n) is 10.0. The van der Waals surface area contributed by atoms with Gasteiger partial charge in [0.25, 0.3) is 0 Å². The van der Waals surface area contributed by atoms with Crippen LogP contribution in [-0.2, 0) is 6.54 Å². The zero-order valence-electron chi connectivity index (χ0n) is 16.6. The first kappa shape index (κ1) is 19.4. The van der Waals surface area contributed by atoms with E-state index in [1.807, 2.05) is 30.3 Å². The second-order valence-electron chi connectivity index (χ2n) is 7.48. The molecule has 1 aliphatic rings. The number of benzene rings is 2. The van der Waals surface area contributed by atoms with Crippen molar-refractivity contribution in [3.05, 3.63) is 89.7 Å². The highest BCUT2D eigenvalue weighted by atomic mass is 16.5. The van der Waals surface area contributed by atoms with Gasteiger partial charge in [0.15, 0.2) is 5.78 Å². The molecule has 1 N–H and O–H groups in total. The molecule has 1 aliphatic heterocycles. The molecule has 5 heteroatoms. The highest BCUT2D eigenvalue weighted by Crippen LogP contribution is 2.25. The third-order valence-corrected chi connectivity index (χ3v) is 5.51. The van der Waals surface area contributed by atoms with E-state index in [1.54, 1.807) is 24.3 Å². The third-order valence-electron chi connectivity index (χ3n) is 5.51. The minimum absolute atomic E-state index is 0.0129. The van der Waals surface area contributed by atoms with Crippen molar-refractivity contribution < 1.29 is 14.6 Å². The number of fused-ring (bicyclic) bond motifs is 1. The van der Waals surface area contributed by atoms with E-state index >= 15 is 0 Å². The molecular weight excluding hydrogens is 364 g/mol. The monoisotopic (exact) mass is 390 g/mol. The van der Waals surface area contributed by atoms with Crippen molar-refractivity contribution in [1.82, 2.24) is 9.47 Å². The SMILES string of the molecule is C[C@H]1c2cccn2CCN1C[C@@H](O)COc1ccc(C(=O)c2ccccc2)cc1. The molecule has 0 radical (unpaired) electrons. The highest BCUT2D eigenvalue weighted by molar-refractivity contribution is 6.08. The quantitative estimate of drug-likeness (QED) is 0.627. The number of aromatic nitrogens is 1. The van der Waals surface area contributed by atoms with Gasteiger partial charge >= 0.3 is 0 Å². The average molecular weight is 390 g/mol. The Morgan fingerprint density at radius 1 is 1.03 bits per heavy atom. The number of hydrogen-bond acceptors (Lipinski definition) is 4. The number of aliphatic hydroxyl groups is 1. The van der Waals surface area contributed by atoms with Gasteiger partial charge in [-0.1, -0.05) is 30.3 Å². The molecule has 2 aromatic carbocycles. The summed E-state index contributed by atoms with van der Waals surface area (Å²) in [6.07, 6.45) is 1.53. The lowest BCUT2D eigenvalue weighted by Gasteiger charge is -2.36. The molecule has 0 amide bonds. The molecule has 0 aliphatic carbocycles. The first-order valence-corrected chi connectivity index (χ1v) is 10.0. The van der Waals surface area contributed by atoms with Crippen LogP contribution in [0.3, 0.4) is 0 Å². The zero-order valence-corrected chi connectivity index (χ0v) is 16.6. The van der Waals surface area contributed by atoms with Crippen LogP contribution in [0.2, 0.25) is 0 Å². The Bertz CT molecular complexity index is 950. The molecule has 0 fully saturated rings. The van der Waals surface area contributed by atoms with Crippen LogP contribution in [0.4, 0.5) is 0 Å². The average Bonchev–Trinajstić information content (AvgIpc) is 3.24. The summed E-state index contributed by atoms with van der Waals surface area (Å²) in [6, 6.07) is 20.8. The van der Waals surface area contributed by atoms with E-state index in [4.69, 9.17) is 4.74 Å². The van der Waals surface area contributed by atoms with Gasteiger partial charge in [0, 0.05) is 48.7 Å². The Morgan fingerprint density at radius 2 is 1.76 bits per heavy atom. The second kappa shape index (κ2) is 8.64. The van der Waals surface area contributed by atoms with E-state index < -0.39 is 6.10 Å². The van der Waals surface area contributed by atoms with Crippen LogP contribution in [0.1, 0.15) is 34.6 Å². The topological polar surface area (TPSA) is 54.7 Å². The Balaban J connectivity index is 1.29. The summed E-state index contributed by atoms with van der Waals surface area (Å²) >= 11 is 0. The van der Waals surface area contributed by atoms with E-state index in [0.29, 0.717) is 23.4 Å². The number of aliphatic hydroxyl groups excluding tert-OH is 1. The Labute approximate surface area is 171 Å². The first-order chi connectivity index (χ1) is 14.1. The molecule has 29 heavy (non-hydrogen) atoms. The molecule has 0 unspecified atom stereocenters. The van der Waals surface area contributed by atoms with E-state index in [-0.39, 0.29) is 18.4 Å². The molecule has 3 aromatic rings. The molecule has 0 spiro atoms. The molecule has 150 valence electrons. The van der Waals surface area contributed by atoms with Gasteiger partial charge in [0.05, 0.1) is 0 Å². The summed E-state index contributed by atoms with van der Waals surface area (Å²) in [5.74, 6) is 0.634. The van der Waals surface area contributed by atoms with Gasteiger partial charge < -0.3 is 14.4 Å². The van der Waals surface area contributed by atoms with Crippen LogP contribution < -0.4 is 4.74 Å². The molecule has 2 atom stereocenters. The van der Waals surface area contributed by atoms with Crippen molar-refractivity contribution in [1.29, 1.82) is 0 Å². The predicted octanol–water partition coefficient (Wildman–Crippen LogP) is 3.54. The van der Waals surface area contributed by atoms with Crippen LogP contribution in [0.25, 0.3) is 0 Å². The molecule has 1 aromatic heterocycles. The zero-order chi connectivity index (χ0) is 20.2. The van der Waals surface area contributed by atoms with Crippen LogP contribution in [0.15, 0.2) is 72.9 Å². The van der Waals surface area contributed by atoms with Crippen LogP contribution in [-0.4, -0.2) is 46.2 Å². The molecule has 0 bridgehead atoms. The highest BCUT2D eigenvalue weighted by Gasteiger charge is 2.25. The largest absolute Gasteiger partial charge is 0.491 e. The van der Waals surface area contributed by atoms with Crippen molar-refractivity contribution in [3.63, 3.8) is 0 Å². The van der Waals surface area contributed by atoms with Crippen molar-refractivity contribution in [3.8, 4) is 5.75 Å². The summed E-state index contributed by atoms with van der Waals surface area (Å²) in [6.45, 7) is 4.81. The lowest BCUT2D eigenvalue weighted by atomic mass is 10.0. The molecule has 2 heterocycles. The second-order valence-corrected chi connectivity index (χ2v) is 7.48. The maximum atomic E-state index is 12.5. The van der Waals surface area contributed by atoms with Gasteiger partial charge in [-0.25, -0.2) is 0 Å². The minimum atomic E-state index is -0.579. The molecule has 4 rings (SSSR count). The number of carbonyl (C=O) groups is 1. The van der Waals surface area contributed by atoms with Gasteiger partial charge in [-0.3, -0.25) is 9.69 Å². The number of ether oxygens (including phenoxy) is 1. The summed E-state index contributed by atoms with van der Waals surface area (Å²) in [4.78, 5) is 14.7. The number of nitrogens with zero attached hydrogens (tertiary/aromatic N) is 2. The number of ketones is 1. The fraction of sp³-hybridized carbons (Fsp3) is 0.292. The summed E-state index contributed by atoms with van der Waals surface area (Å²) in [5.41, 5.74) is 2.57. The van der Waals surface area contributed by atoms with Gasteiger partial charge in [-0.15, -0.1) is 0 Å². The van der Waals surface area contributed by atoms with E-state index in [1.165, 1.54) is 5.69 Å². The molecule has 5 nitrogen and oxygen atoms in total. The van der Waals surface area contributed by atoms with Crippen molar-refractivity contribution in [2.75, 3.05) is 19.7 Å². The van der Waals surface area contributed by atoms with E-state index in [9.17, 15) is 9.90 Å². The normalized spacial score (nSPS) is 17.5. The van der Waals surface area contributed by atoms with Crippen LogP contribution in [0.5, 0.6) is 5.75 Å². The summed E-state index contributed by atoms with van der Waals surface area (Å²) in [7, 11) is 0. The lowest BCUT2D eigenvalue weighted by molar-refractivity contribution is 0.0453. The van der Waals surface area contributed by atoms with Crippen molar-refractivity contribution in [2.24, 2.45) is 0 Å². The number of β-amino-alcohol motifs (C(OH)–C–C–N with tert-alkyl or cyclic N) is 1. The standard InChI is InChI=1S/C24H26N2O3/c1-18-23-8-5-13-25(23)14-15-26(18)16-21(27)17-29-22-11-9-20(10-12-22)24(28)19-6-3-2-4-7-19/h2-13,18,21,27H,14-17H2,1H3/t18-,21+/m0/s1. The molecule has 0 saturated carbocycles. The minimum Gasteiger partial charge on any atom is -0.491 e. The predicted molar refractivity (Wildman–Crippen MR) is 112 cm³/mol.